The van der Waals surface area contributed by atoms with Gasteiger partial charge < -0.3 is 4.90 Å². The first-order valence-electron chi connectivity index (χ1n) is 8.46. The third kappa shape index (κ3) is 3.74. The normalized spacial score (nSPS) is 16.4. The van der Waals surface area contributed by atoms with Gasteiger partial charge in [0.2, 0.25) is 11.0 Å². The number of carbonyl (C=O) groups excluding carboxylic acids is 2. The van der Waals surface area contributed by atoms with Crippen LogP contribution in [0.4, 0.5) is 19.6 Å². The Labute approximate surface area is 162 Å². The van der Waals surface area contributed by atoms with Crippen molar-refractivity contribution in [2.24, 2.45) is 0 Å². The summed E-state index contributed by atoms with van der Waals surface area (Å²) in [5.41, 5.74) is 0.930. The Bertz CT molecular complexity index is 1020. The topological polar surface area (TPSA) is 75.2 Å². The molecule has 2 amide bonds. The fourth-order valence-corrected chi connectivity index (χ4v) is 3.79. The SMILES string of the molecule is O=C(Nc1nnc(C2CC(=O)N(c3ccc(F)cc3)C2)s1)c1ccc(F)cc1. The average molecular weight is 400 g/mol. The molecule has 1 unspecified atom stereocenters. The lowest BCUT2D eigenvalue weighted by atomic mass is 10.1. The Balaban J connectivity index is 1.44. The molecule has 0 aliphatic carbocycles. The molecule has 3 aromatic rings. The molecule has 1 aromatic heterocycles. The lowest BCUT2D eigenvalue weighted by molar-refractivity contribution is -0.117. The minimum absolute atomic E-state index is 0.0799. The van der Waals surface area contributed by atoms with Crippen LogP contribution in [0, 0.1) is 11.6 Å². The van der Waals surface area contributed by atoms with Crippen molar-refractivity contribution in [3.05, 3.63) is 70.7 Å². The zero-order valence-electron chi connectivity index (χ0n) is 14.4. The van der Waals surface area contributed by atoms with E-state index < -0.39 is 11.7 Å². The number of carbonyl (C=O) groups is 2. The second-order valence-corrected chi connectivity index (χ2v) is 7.30. The number of aromatic nitrogens is 2. The van der Waals surface area contributed by atoms with Crippen LogP contribution in [0.25, 0.3) is 0 Å². The molecule has 28 heavy (non-hydrogen) atoms. The highest BCUT2D eigenvalue weighted by molar-refractivity contribution is 7.15. The van der Waals surface area contributed by atoms with Crippen molar-refractivity contribution in [1.29, 1.82) is 0 Å². The second-order valence-electron chi connectivity index (χ2n) is 6.29. The summed E-state index contributed by atoms with van der Waals surface area (Å²) < 4.78 is 26.0. The quantitative estimate of drug-likeness (QED) is 0.726. The molecule has 1 saturated heterocycles. The summed E-state index contributed by atoms with van der Waals surface area (Å²) in [5.74, 6) is -1.45. The number of anilines is 2. The van der Waals surface area contributed by atoms with Gasteiger partial charge in [0.05, 0.1) is 0 Å². The van der Waals surface area contributed by atoms with E-state index in [1.165, 1.54) is 47.7 Å². The molecule has 1 fully saturated rings. The summed E-state index contributed by atoms with van der Waals surface area (Å²) in [4.78, 5) is 26.1. The van der Waals surface area contributed by atoms with E-state index in [0.29, 0.717) is 27.9 Å². The predicted octanol–water partition coefficient (Wildman–Crippen LogP) is 3.59. The van der Waals surface area contributed by atoms with Gasteiger partial charge in [-0.1, -0.05) is 11.3 Å². The van der Waals surface area contributed by atoms with E-state index in [2.05, 4.69) is 15.5 Å². The summed E-state index contributed by atoms with van der Waals surface area (Å²) in [5, 5.41) is 11.6. The molecule has 0 saturated carbocycles. The summed E-state index contributed by atoms with van der Waals surface area (Å²) in [7, 11) is 0. The van der Waals surface area contributed by atoms with Gasteiger partial charge >= 0.3 is 0 Å². The van der Waals surface area contributed by atoms with Crippen LogP contribution in [0.3, 0.4) is 0 Å². The first kappa shape index (κ1) is 18.2. The lowest BCUT2D eigenvalue weighted by Crippen LogP contribution is -2.24. The Hall–Kier alpha value is -3.20. The van der Waals surface area contributed by atoms with E-state index in [9.17, 15) is 18.4 Å². The maximum atomic E-state index is 13.1. The number of nitrogens with one attached hydrogen (secondary N) is 1. The maximum absolute atomic E-state index is 13.1. The van der Waals surface area contributed by atoms with Crippen LogP contribution in [-0.2, 0) is 4.79 Å². The third-order valence-corrected chi connectivity index (χ3v) is 5.38. The highest BCUT2D eigenvalue weighted by Gasteiger charge is 2.34. The van der Waals surface area contributed by atoms with E-state index in [1.54, 1.807) is 17.0 Å². The highest BCUT2D eigenvalue weighted by atomic mass is 32.1. The van der Waals surface area contributed by atoms with Crippen molar-refractivity contribution in [3.8, 4) is 0 Å². The minimum atomic E-state index is -0.425. The molecule has 1 aliphatic heterocycles. The Morgan fingerprint density at radius 3 is 2.36 bits per heavy atom. The first-order chi connectivity index (χ1) is 13.5. The van der Waals surface area contributed by atoms with Gasteiger partial charge in [-0.05, 0) is 48.5 Å². The Morgan fingerprint density at radius 2 is 1.68 bits per heavy atom. The zero-order chi connectivity index (χ0) is 19.7. The van der Waals surface area contributed by atoms with Gasteiger partial charge in [-0.3, -0.25) is 14.9 Å². The number of rotatable bonds is 4. The van der Waals surface area contributed by atoms with Crippen molar-refractivity contribution >= 4 is 34.0 Å². The smallest absolute Gasteiger partial charge is 0.257 e. The van der Waals surface area contributed by atoms with Gasteiger partial charge in [0.1, 0.15) is 16.6 Å². The summed E-state index contributed by atoms with van der Waals surface area (Å²) >= 11 is 1.19. The maximum Gasteiger partial charge on any atom is 0.257 e. The van der Waals surface area contributed by atoms with Crippen LogP contribution in [0.1, 0.15) is 27.7 Å². The molecule has 0 bridgehead atoms. The second kappa shape index (κ2) is 7.43. The van der Waals surface area contributed by atoms with Gasteiger partial charge in [-0.25, -0.2) is 8.78 Å². The molecule has 1 N–H and O–H groups in total. The summed E-state index contributed by atoms with van der Waals surface area (Å²) in [6.45, 7) is 0.408. The van der Waals surface area contributed by atoms with Crippen LogP contribution in [-0.4, -0.2) is 28.6 Å². The van der Waals surface area contributed by atoms with Gasteiger partial charge in [0.25, 0.3) is 5.91 Å². The van der Waals surface area contributed by atoms with Crippen molar-refractivity contribution in [2.75, 3.05) is 16.8 Å². The largest absolute Gasteiger partial charge is 0.312 e. The van der Waals surface area contributed by atoms with Crippen molar-refractivity contribution in [3.63, 3.8) is 0 Å². The molecular weight excluding hydrogens is 386 g/mol. The van der Waals surface area contributed by atoms with Crippen LogP contribution >= 0.6 is 11.3 Å². The van der Waals surface area contributed by atoms with E-state index in [-0.39, 0.29) is 24.1 Å². The number of benzene rings is 2. The van der Waals surface area contributed by atoms with Crippen LogP contribution in [0.5, 0.6) is 0 Å². The van der Waals surface area contributed by atoms with E-state index in [0.717, 1.165) is 0 Å². The Morgan fingerprint density at radius 1 is 1.04 bits per heavy atom. The molecular formula is C19H14F2N4O2S. The first-order valence-corrected chi connectivity index (χ1v) is 9.27. The molecule has 1 aliphatic rings. The standard InChI is InChI=1S/C19H14F2N4O2S/c20-13-3-1-11(2-4-13)17(27)22-19-24-23-18(28-19)12-9-16(26)25(10-12)15-7-5-14(21)6-8-15/h1-8,12H,9-10H2,(H,22,24,27). The van der Waals surface area contributed by atoms with Crippen molar-refractivity contribution in [1.82, 2.24) is 10.2 Å². The number of hydrogen-bond acceptors (Lipinski definition) is 5. The molecule has 2 heterocycles. The third-order valence-electron chi connectivity index (χ3n) is 4.38. The molecule has 9 heteroatoms. The average Bonchev–Trinajstić information content (AvgIpc) is 3.29. The molecule has 142 valence electrons. The number of halogens is 2. The number of nitrogens with zero attached hydrogens (tertiary/aromatic N) is 3. The lowest BCUT2D eigenvalue weighted by Gasteiger charge is -2.16. The van der Waals surface area contributed by atoms with Gasteiger partial charge in [-0.15, -0.1) is 10.2 Å². The number of amides is 2. The summed E-state index contributed by atoms with van der Waals surface area (Å²) in [6.07, 6.45) is 0.262. The molecule has 6 nitrogen and oxygen atoms in total. The highest BCUT2D eigenvalue weighted by Crippen LogP contribution is 2.34. The number of hydrogen-bond donors (Lipinski definition) is 1. The van der Waals surface area contributed by atoms with E-state index in [1.807, 2.05) is 0 Å². The van der Waals surface area contributed by atoms with Crippen molar-refractivity contribution < 1.29 is 18.4 Å². The zero-order valence-corrected chi connectivity index (χ0v) is 15.2. The fourth-order valence-electron chi connectivity index (χ4n) is 2.96. The van der Waals surface area contributed by atoms with Gasteiger partial charge in [0.15, 0.2) is 0 Å². The summed E-state index contributed by atoms with van der Waals surface area (Å²) in [6, 6.07) is 10.9. The fraction of sp³-hybridized carbons (Fsp3) is 0.158. The van der Waals surface area contributed by atoms with Crippen LogP contribution < -0.4 is 10.2 Å². The van der Waals surface area contributed by atoms with Gasteiger partial charge in [0, 0.05) is 30.1 Å². The minimum Gasteiger partial charge on any atom is -0.312 e. The molecule has 0 spiro atoms. The van der Waals surface area contributed by atoms with Crippen LogP contribution in [0.15, 0.2) is 48.5 Å². The van der Waals surface area contributed by atoms with Gasteiger partial charge in [-0.2, -0.15) is 0 Å². The van der Waals surface area contributed by atoms with E-state index in [4.69, 9.17) is 0 Å². The molecule has 1 atom stereocenters. The Kier molecular flexibility index (Phi) is 4.82. The molecule has 4 rings (SSSR count). The molecule has 0 radical (unpaired) electrons. The van der Waals surface area contributed by atoms with Crippen LogP contribution in [0.2, 0.25) is 0 Å². The van der Waals surface area contributed by atoms with Crippen molar-refractivity contribution in [2.45, 2.75) is 12.3 Å². The predicted molar refractivity (Wildman–Crippen MR) is 100 cm³/mol. The monoisotopic (exact) mass is 400 g/mol. The van der Waals surface area contributed by atoms with E-state index >= 15 is 0 Å². The molecule has 2 aromatic carbocycles.